The van der Waals surface area contributed by atoms with Crippen LogP contribution in [-0.2, 0) is 0 Å². The zero-order valence-electron chi connectivity index (χ0n) is 15.0. The molecule has 1 fully saturated rings. The van der Waals surface area contributed by atoms with Gasteiger partial charge in [-0.3, -0.25) is 4.79 Å². The van der Waals surface area contributed by atoms with E-state index in [-0.39, 0.29) is 18.0 Å². The van der Waals surface area contributed by atoms with Gasteiger partial charge in [-0.15, -0.1) is 0 Å². The minimum absolute atomic E-state index is 0.0373. The fourth-order valence-corrected chi connectivity index (χ4v) is 3.25. The lowest BCUT2D eigenvalue weighted by molar-refractivity contribution is 0.0963. The molecule has 1 saturated heterocycles. The van der Waals surface area contributed by atoms with E-state index in [4.69, 9.17) is 4.74 Å². The predicted octanol–water partition coefficient (Wildman–Crippen LogP) is 3.42. The Morgan fingerprint density at radius 3 is 2.62 bits per heavy atom. The SMILES string of the molecule is CNC(=O)c1ccc(NC(=O)N2CCCC2c2cccc(OC)c2)cc1. The second-order valence-corrected chi connectivity index (χ2v) is 6.21. The third-order valence-electron chi connectivity index (χ3n) is 4.62. The van der Waals surface area contributed by atoms with Crippen molar-refractivity contribution in [3.8, 4) is 5.75 Å². The normalized spacial score (nSPS) is 16.2. The molecular weight excluding hydrogens is 330 g/mol. The third-order valence-corrected chi connectivity index (χ3v) is 4.62. The monoisotopic (exact) mass is 353 g/mol. The van der Waals surface area contributed by atoms with E-state index in [2.05, 4.69) is 10.6 Å². The van der Waals surface area contributed by atoms with Crippen molar-refractivity contribution in [2.24, 2.45) is 0 Å². The number of carbonyl (C=O) groups is 2. The lowest BCUT2D eigenvalue weighted by atomic mass is 10.0. The molecule has 3 amide bonds. The van der Waals surface area contributed by atoms with Crippen molar-refractivity contribution >= 4 is 17.6 Å². The number of urea groups is 1. The van der Waals surface area contributed by atoms with Gasteiger partial charge < -0.3 is 20.3 Å². The summed E-state index contributed by atoms with van der Waals surface area (Å²) in [5, 5.41) is 5.50. The summed E-state index contributed by atoms with van der Waals surface area (Å²) < 4.78 is 5.29. The van der Waals surface area contributed by atoms with Crippen LogP contribution < -0.4 is 15.4 Å². The molecule has 3 rings (SSSR count). The Morgan fingerprint density at radius 1 is 1.15 bits per heavy atom. The molecule has 2 N–H and O–H groups in total. The van der Waals surface area contributed by atoms with Crippen LogP contribution in [0.3, 0.4) is 0 Å². The van der Waals surface area contributed by atoms with Gasteiger partial charge >= 0.3 is 6.03 Å². The van der Waals surface area contributed by atoms with E-state index < -0.39 is 0 Å². The zero-order valence-corrected chi connectivity index (χ0v) is 15.0. The number of hydrogen-bond acceptors (Lipinski definition) is 3. The highest BCUT2D eigenvalue weighted by Crippen LogP contribution is 2.33. The number of nitrogens with one attached hydrogen (secondary N) is 2. The summed E-state index contributed by atoms with van der Waals surface area (Å²) in [5.41, 5.74) is 2.30. The molecule has 0 spiro atoms. The number of benzene rings is 2. The van der Waals surface area contributed by atoms with Crippen molar-refractivity contribution in [1.82, 2.24) is 10.2 Å². The van der Waals surface area contributed by atoms with Crippen LogP contribution in [0.5, 0.6) is 5.75 Å². The summed E-state index contributed by atoms with van der Waals surface area (Å²) in [5.74, 6) is 0.639. The van der Waals surface area contributed by atoms with Crippen LogP contribution >= 0.6 is 0 Å². The van der Waals surface area contributed by atoms with Crippen LogP contribution in [0.15, 0.2) is 48.5 Å². The second kappa shape index (κ2) is 7.91. The molecule has 2 aromatic rings. The van der Waals surface area contributed by atoms with Gasteiger partial charge in [0.05, 0.1) is 13.2 Å². The molecule has 26 heavy (non-hydrogen) atoms. The van der Waals surface area contributed by atoms with Gasteiger partial charge in [-0.25, -0.2) is 4.79 Å². The van der Waals surface area contributed by atoms with Crippen molar-refractivity contribution in [2.45, 2.75) is 18.9 Å². The Labute approximate surface area is 153 Å². The molecule has 6 heteroatoms. The number of amides is 3. The van der Waals surface area contributed by atoms with Gasteiger partial charge in [0.25, 0.3) is 5.91 Å². The van der Waals surface area contributed by atoms with Crippen molar-refractivity contribution in [1.29, 1.82) is 0 Å². The average Bonchev–Trinajstić information content (AvgIpc) is 3.18. The second-order valence-electron chi connectivity index (χ2n) is 6.21. The Balaban J connectivity index is 1.71. The van der Waals surface area contributed by atoms with Crippen LogP contribution in [0, 0.1) is 0 Å². The van der Waals surface area contributed by atoms with Crippen molar-refractivity contribution in [3.05, 3.63) is 59.7 Å². The van der Waals surface area contributed by atoms with E-state index in [1.807, 2.05) is 29.2 Å². The summed E-state index contributed by atoms with van der Waals surface area (Å²) in [6.07, 6.45) is 1.89. The molecule has 1 atom stereocenters. The van der Waals surface area contributed by atoms with Gasteiger partial charge in [0, 0.05) is 24.8 Å². The number of ether oxygens (including phenoxy) is 1. The van der Waals surface area contributed by atoms with Crippen LogP contribution in [0.4, 0.5) is 10.5 Å². The van der Waals surface area contributed by atoms with Crippen LogP contribution in [0.1, 0.15) is 34.8 Å². The number of carbonyl (C=O) groups excluding carboxylic acids is 2. The van der Waals surface area contributed by atoms with Crippen molar-refractivity contribution < 1.29 is 14.3 Å². The quantitative estimate of drug-likeness (QED) is 0.885. The highest BCUT2D eigenvalue weighted by Gasteiger charge is 2.30. The topological polar surface area (TPSA) is 70.7 Å². The average molecular weight is 353 g/mol. The smallest absolute Gasteiger partial charge is 0.322 e. The van der Waals surface area contributed by atoms with Gasteiger partial charge in [0.1, 0.15) is 5.75 Å². The van der Waals surface area contributed by atoms with E-state index in [1.165, 1.54) is 0 Å². The Morgan fingerprint density at radius 2 is 1.92 bits per heavy atom. The summed E-state index contributed by atoms with van der Waals surface area (Å²) in [6.45, 7) is 0.712. The maximum atomic E-state index is 12.7. The lowest BCUT2D eigenvalue weighted by Gasteiger charge is -2.25. The van der Waals surface area contributed by atoms with Crippen LogP contribution in [-0.4, -0.2) is 37.5 Å². The number of anilines is 1. The van der Waals surface area contributed by atoms with E-state index in [0.717, 1.165) is 24.2 Å². The Bertz CT molecular complexity index is 789. The first-order valence-corrected chi connectivity index (χ1v) is 8.66. The molecule has 0 saturated carbocycles. The highest BCUT2D eigenvalue weighted by molar-refractivity contribution is 5.95. The fraction of sp³-hybridized carbons (Fsp3) is 0.300. The predicted molar refractivity (Wildman–Crippen MR) is 101 cm³/mol. The summed E-state index contributed by atoms with van der Waals surface area (Å²) in [4.78, 5) is 26.2. The zero-order chi connectivity index (χ0) is 18.5. The van der Waals surface area contributed by atoms with Crippen LogP contribution in [0.25, 0.3) is 0 Å². The lowest BCUT2D eigenvalue weighted by Crippen LogP contribution is -2.34. The molecule has 2 aromatic carbocycles. The highest BCUT2D eigenvalue weighted by atomic mass is 16.5. The van der Waals surface area contributed by atoms with E-state index in [1.54, 1.807) is 38.4 Å². The standard InChI is InChI=1S/C20H23N3O3/c1-21-19(24)14-8-10-16(11-9-14)22-20(25)23-12-4-7-18(23)15-5-3-6-17(13-15)26-2/h3,5-6,8-11,13,18H,4,7,12H2,1-2H3,(H,21,24)(H,22,25). The first kappa shape index (κ1) is 17.8. The van der Waals surface area contributed by atoms with Crippen molar-refractivity contribution in [3.63, 3.8) is 0 Å². The first-order chi connectivity index (χ1) is 12.6. The van der Waals surface area contributed by atoms with Gasteiger partial charge in [0.15, 0.2) is 0 Å². The molecule has 0 aromatic heterocycles. The molecule has 1 aliphatic heterocycles. The molecule has 6 nitrogen and oxygen atoms in total. The molecule has 136 valence electrons. The number of hydrogen-bond donors (Lipinski definition) is 2. The first-order valence-electron chi connectivity index (χ1n) is 8.66. The van der Waals surface area contributed by atoms with Gasteiger partial charge in [-0.1, -0.05) is 12.1 Å². The van der Waals surface area contributed by atoms with E-state index >= 15 is 0 Å². The number of nitrogens with zero attached hydrogens (tertiary/aromatic N) is 1. The largest absolute Gasteiger partial charge is 0.497 e. The van der Waals surface area contributed by atoms with E-state index in [0.29, 0.717) is 17.8 Å². The fourth-order valence-electron chi connectivity index (χ4n) is 3.25. The van der Waals surface area contributed by atoms with E-state index in [9.17, 15) is 9.59 Å². The Kier molecular flexibility index (Phi) is 5.41. The minimum Gasteiger partial charge on any atom is -0.497 e. The minimum atomic E-state index is -0.152. The van der Waals surface area contributed by atoms with Gasteiger partial charge in [0.2, 0.25) is 0 Å². The molecule has 0 bridgehead atoms. The molecule has 1 heterocycles. The van der Waals surface area contributed by atoms with Crippen LogP contribution in [0.2, 0.25) is 0 Å². The molecular formula is C20H23N3O3. The van der Waals surface area contributed by atoms with Gasteiger partial charge in [-0.2, -0.15) is 0 Å². The number of methoxy groups -OCH3 is 1. The summed E-state index contributed by atoms with van der Waals surface area (Å²) in [6, 6.07) is 14.6. The number of rotatable bonds is 4. The summed E-state index contributed by atoms with van der Waals surface area (Å²) >= 11 is 0. The van der Waals surface area contributed by atoms with Gasteiger partial charge in [-0.05, 0) is 54.8 Å². The Hall–Kier alpha value is -3.02. The molecule has 0 radical (unpaired) electrons. The third kappa shape index (κ3) is 3.79. The number of likely N-dealkylation sites (tertiary alicyclic amines) is 1. The molecule has 1 aliphatic rings. The molecule has 1 unspecified atom stereocenters. The summed E-state index contributed by atoms with van der Waals surface area (Å²) in [7, 11) is 3.23. The molecule has 0 aliphatic carbocycles. The maximum absolute atomic E-state index is 12.7. The van der Waals surface area contributed by atoms with Crippen molar-refractivity contribution in [2.75, 3.05) is 26.0 Å². The maximum Gasteiger partial charge on any atom is 0.322 e.